The highest BCUT2D eigenvalue weighted by Gasteiger charge is 2.37. The molecule has 1 aromatic rings. The van der Waals surface area contributed by atoms with Crippen LogP contribution in [0.5, 0.6) is 0 Å². The Kier molecular flexibility index (Phi) is 4.27. The Morgan fingerprint density at radius 1 is 1.52 bits per heavy atom. The summed E-state index contributed by atoms with van der Waals surface area (Å²) in [5.74, 6) is -0.747. The maximum atomic E-state index is 12.6. The second-order valence-corrected chi connectivity index (χ2v) is 6.59. The number of nitrogens with zero attached hydrogens (tertiary/aromatic N) is 2. The smallest absolute Gasteiger partial charge is 0.243 e. The van der Waals surface area contributed by atoms with Gasteiger partial charge in [0.1, 0.15) is 6.04 Å². The van der Waals surface area contributed by atoms with E-state index < -0.39 is 22.0 Å². The van der Waals surface area contributed by atoms with Crippen LogP contribution in [0.2, 0.25) is 0 Å². The molecule has 2 rings (SSSR count). The normalized spacial score (nSPS) is 19.9. The number of amides is 1. The average Bonchev–Trinajstić information content (AvgIpc) is 2.47. The third kappa shape index (κ3) is 2.90. The molecule has 1 amide bonds. The molecule has 0 radical (unpaired) electrons. The summed E-state index contributed by atoms with van der Waals surface area (Å²) in [6, 6.07) is 5.18. The molecule has 21 heavy (non-hydrogen) atoms. The van der Waals surface area contributed by atoms with E-state index in [1.54, 1.807) is 6.92 Å². The fraction of sp³-hybridized carbons (Fsp3) is 0.385. The van der Waals surface area contributed by atoms with E-state index in [1.165, 1.54) is 18.2 Å². The van der Waals surface area contributed by atoms with Crippen molar-refractivity contribution in [2.75, 3.05) is 19.8 Å². The summed E-state index contributed by atoms with van der Waals surface area (Å²) in [5.41, 5.74) is 6.20. The van der Waals surface area contributed by atoms with E-state index in [-0.39, 0.29) is 24.7 Å². The zero-order chi connectivity index (χ0) is 15.6. The molecule has 1 unspecified atom stereocenters. The molecule has 7 nitrogen and oxygen atoms in total. The topological polar surface area (TPSA) is 113 Å². The Morgan fingerprint density at radius 2 is 2.24 bits per heavy atom. The van der Waals surface area contributed by atoms with Crippen molar-refractivity contribution in [2.24, 2.45) is 5.73 Å². The molecule has 0 saturated carbocycles. The van der Waals surface area contributed by atoms with Crippen LogP contribution in [0, 0.1) is 18.3 Å². The van der Waals surface area contributed by atoms with Crippen molar-refractivity contribution in [1.82, 2.24) is 4.31 Å². The average molecular weight is 309 g/mol. The van der Waals surface area contributed by atoms with Gasteiger partial charge < -0.3 is 10.5 Å². The van der Waals surface area contributed by atoms with E-state index in [4.69, 9.17) is 15.7 Å². The van der Waals surface area contributed by atoms with Gasteiger partial charge >= 0.3 is 0 Å². The SMILES string of the molecule is Cc1cc(S(=O)(=O)N2CCOCC2C(N)=O)ccc1C#N. The Balaban J connectivity index is 2.43. The van der Waals surface area contributed by atoms with Gasteiger partial charge in [0.15, 0.2) is 0 Å². The fourth-order valence-corrected chi connectivity index (χ4v) is 3.81. The number of rotatable bonds is 3. The number of ether oxygens (including phenoxy) is 1. The molecular formula is C13H15N3O4S. The molecule has 1 aliphatic heterocycles. The molecule has 1 fully saturated rings. The first kappa shape index (κ1) is 15.4. The van der Waals surface area contributed by atoms with Crippen LogP contribution in [-0.4, -0.2) is 44.4 Å². The van der Waals surface area contributed by atoms with Crippen molar-refractivity contribution in [3.8, 4) is 6.07 Å². The first-order valence-electron chi connectivity index (χ1n) is 6.27. The van der Waals surface area contributed by atoms with Crippen molar-refractivity contribution in [2.45, 2.75) is 17.9 Å². The molecule has 1 aliphatic rings. The fourth-order valence-electron chi connectivity index (χ4n) is 2.16. The van der Waals surface area contributed by atoms with Crippen molar-refractivity contribution < 1.29 is 17.9 Å². The Morgan fingerprint density at radius 3 is 2.81 bits per heavy atom. The number of aryl methyl sites for hydroxylation is 1. The summed E-state index contributed by atoms with van der Waals surface area (Å²) >= 11 is 0. The van der Waals surface area contributed by atoms with Crippen LogP contribution in [0.3, 0.4) is 0 Å². The number of morpholine rings is 1. The maximum Gasteiger partial charge on any atom is 0.243 e. The van der Waals surface area contributed by atoms with Gasteiger partial charge in [-0.3, -0.25) is 4.79 Å². The number of hydrogen-bond acceptors (Lipinski definition) is 5. The Labute approximate surface area is 123 Å². The number of hydrogen-bond donors (Lipinski definition) is 1. The van der Waals surface area contributed by atoms with Gasteiger partial charge in [-0.25, -0.2) is 8.42 Å². The summed E-state index contributed by atoms with van der Waals surface area (Å²) in [4.78, 5) is 11.4. The minimum absolute atomic E-state index is 0.0344. The lowest BCUT2D eigenvalue weighted by Gasteiger charge is -2.32. The molecule has 0 aliphatic carbocycles. The standard InChI is InChI=1S/C13H15N3O4S/c1-9-6-11(3-2-10(9)7-14)21(18,19)16-4-5-20-8-12(16)13(15)17/h2-3,6,12H,4-5,8H2,1H3,(H2,15,17). The van der Waals surface area contributed by atoms with Crippen molar-refractivity contribution in [3.05, 3.63) is 29.3 Å². The van der Waals surface area contributed by atoms with Gasteiger partial charge in [0.05, 0.1) is 29.7 Å². The number of carbonyl (C=O) groups is 1. The van der Waals surface area contributed by atoms with Crippen LogP contribution in [-0.2, 0) is 19.6 Å². The number of nitriles is 1. The third-order valence-corrected chi connectivity index (χ3v) is 5.24. The number of benzene rings is 1. The molecule has 1 heterocycles. The van der Waals surface area contributed by atoms with E-state index in [2.05, 4.69) is 0 Å². The molecular weight excluding hydrogens is 294 g/mol. The lowest BCUT2D eigenvalue weighted by molar-refractivity contribution is -0.125. The van der Waals surface area contributed by atoms with Crippen LogP contribution in [0.15, 0.2) is 23.1 Å². The summed E-state index contributed by atoms with van der Waals surface area (Å²) in [6.45, 7) is 1.87. The molecule has 112 valence electrons. The van der Waals surface area contributed by atoms with E-state index >= 15 is 0 Å². The monoisotopic (exact) mass is 309 g/mol. The molecule has 1 saturated heterocycles. The Hall–Kier alpha value is -1.95. The van der Waals surface area contributed by atoms with Crippen LogP contribution < -0.4 is 5.73 Å². The molecule has 1 aromatic carbocycles. The van der Waals surface area contributed by atoms with E-state index in [9.17, 15) is 13.2 Å². The second kappa shape index (κ2) is 5.81. The lowest BCUT2D eigenvalue weighted by Crippen LogP contribution is -2.54. The second-order valence-electron chi connectivity index (χ2n) is 4.70. The van der Waals surface area contributed by atoms with Gasteiger partial charge in [0, 0.05) is 6.54 Å². The van der Waals surface area contributed by atoms with E-state index in [0.717, 1.165) is 4.31 Å². The minimum atomic E-state index is -3.86. The van der Waals surface area contributed by atoms with Crippen molar-refractivity contribution in [1.29, 1.82) is 5.26 Å². The highest BCUT2D eigenvalue weighted by atomic mass is 32.2. The predicted octanol–water partition coefficient (Wildman–Crippen LogP) is -0.258. The first-order valence-corrected chi connectivity index (χ1v) is 7.71. The van der Waals surface area contributed by atoms with Crippen LogP contribution in [0.1, 0.15) is 11.1 Å². The van der Waals surface area contributed by atoms with Gasteiger partial charge in [-0.05, 0) is 30.7 Å². The molecule has 0 aromatic heterocycles. The Bertz CT molecular complexity index is 709. The molecule has 1 atom stereocenters. The number of sulfonamides is 1. The van der Waals surface area contributed by atoms with Crippen LogP contribution in [0.25, 0.3) is 0 Å². The highest BCUT2D eigenvalue weighted by molar-refractivity contribution is 7.89. The van der Waals surface area contributed by atoms with Gasteiger partial charge in [-0.15, -0.1) is 0 Å². The maximum absolute atomic E-state index is 12.6. The number of nitrogens with two attached hydrogens (primary N) is 1. The predicted molar refractivity (Wildman–Crippen MR) is 73.6 cm³/mol. The van der Waals surface area contributed by atoms with Crippen LogP contribution >= 0.6 is 0 Å². The minimum Gasteiger partial charge on any atom is -0.378 e. The zero-order valence-electron chi connectivity index (χ0n) is 11.4. The van der Waals surface area contributed by atoms with Gasteiger partial charge in [-0.1, -0.05) is 0 Å². The zero-order valence-corrected chi connectivity index (χ0v) is 12.3. The molecule has 0 bridgehead atoms. The lowest BCUT2D eigenvalue weighted by atomic mass is 10.1. The molecule has 2 N–H and O–H groups in total. The summed E-state index contributed by atoms with van der Waals surface area (Å²) < 4.78 is 31.4. The quantitative estimate of drug-likeness (QED) is 0.826. The van der Waals surface area contributed by atoms with Crippen molar-refractivity contribution in [3.63, 3.8) is 0 Å². The van der Waals surface area contributed by atoms with Gasteiger partial charge in [-0.2, -0.15) is 9.57 Å². The first-order chi connectivity index (χ1) is 9.87. The molecule has 8 heteroatoms. The van der Waals surface area contributed by atoms with Crippen LogP contribution in [0.4, 0.5) is 0 Å². The van der Waals surface area contributed by atoms with E-state index in [1.807, 2.05) is 6.07 Å². The van der Waals surface area contributed by atoms with Gasteiger partial charge in [0.25, 0.3) is 0 Å². The highest BCUT2D eigenvalue weighted by Crippen LogP contribution is 2.22. The largest absolute Gasteiger partial charge is 0.378 e. The summed E-state index contributed by atoms with van der Waals surface area (Å²) in [7, 11) is -3.86. The summed E-state index contributed by atoms with van der Waals surface area (Å²) in [5, 5.41) is 8.89. The number of primary amides is 1. The summed E-state index contributed by atoms with van der Waals surface area (Å²) in [6.07, 6.45) is 0. The third-order valence-electron chi connectivity index (χ3n) is 3.33. The van der Waals surface area contributed by atoms with Gasteiger partial charge in [0.2, 0.25) is 15.9 Å². The van der Waals surface area contributed by atoms with Crippen molar-refractivity contribution >= 4 is 15.9 Å². The van der Waals surface area contributed by atoms with E-state index in [0.29, 0.717) is 11.1 Å². The number of carbonyl (C=O) groups excluding carboxylic acids is 1. The molecule has 0 spiro atoms.